The van der Waals surface area contributed by atoms with Crippen molar-refractivity contribution in [1.82, 2.24) is 15.2 Å². The van der Waals surface area contributed by atoms with E-state index >= 15 is 4.39 Å². The van der Waals surface area contributed by atoms with Crippen LogP contribution in [0.1, 0.15) is 107 Å². The number of cyclic esters (lactones) is 1. The molecule has 13 atom stereocenters. The van der Waals surface area contributed by atoms with Gasteiger partial charge in [-0.05, 0) is 90.1 Å². The summed E-state index contributed by atoms with van der Waals surface area (Å²) >= 11 is 0. The fourth-order valence-electron chi connectivity index (χ4n) is 9.33. The smallest absolute Gasteiger partial charge is 0.408 e. The molecule has 0 saturated carbocycles. The standard InChI is InChI=1S/C47H68FN3O10/c1-13-35-47(11)38(50-43(56)61-47)29(4)36(52)27(2)25-45(9,57-22-16-17-31-24-32-18-14-15-19-33(32)49-26-31)40(30(5)39(54)46(10,48)42(55)59-35)60-41-37(53)34(23-28(3)58-41)51(12)21-20-44(6,7)8/h14-19,24,26-30,34-35,37-38,40-41,53H,13,20-23,25H2,1-12H3,(H,50,56)/b17-16+/t27-,28-,29+,30+,34+,35-,37-,38-,40-,41+,45-,46+,47-/m1/s1. The van der Waals surface area contributed by atoms with E-state index in [0.29, 0.717) is 13.0 Å². The second-order valence-corrected chi connectivity index (χ2v) is 19.4. The van der Waals surface area contributed by atoms with Crippen molar-refractivity contribution in [2.75, 3.05) is 20.2 Å². The molecule has 0 bridgehead atoms. The number of pyridine rings is 1. The minimum absolute atomic E-state index is 0.0408. The highest BCUT2D eigenvalue weighted by molar-refractivity contribution is 6.08. The maximum atomic E-state index is 17.0. The zero-order valence-electron chi connectivity index (χ0n) is 38.0. The van der Waals surface area contributed by atoms with E-state index in [9.17, 15) is 24.3 Å². The van der Waals surface area contributed by atoms with Gasteiger partial charge in [-0.25, -0.2) is 14.0 Å². The molecule has 1 aromatic carbocycles. The first-order valence-corrected chi connectivity index (χ1v) is 21.7. The van der Waals surface area contributed by atoms with Crippen LogP contribution in [-0.4, -0.2) is 118 Å². The zero-order chi connectivity index (χ0) is 45.2. The number of hydrogen-bond donors (Lipinski definition) is 2. The van der Waals surface area contributed by atoms with Gasteiger partial charge in [0.15, 0.2) is 17.7 Å². The van der Waals surface area contributed by atoms with Crippen LogP contribution in [0.5, 0.6) is 0 Å². The summed E-state index contributed by atoms with van der Waals surface area (Å²) in [6, 6.07) is 8.36. The second-order valence-electron chi connectivity index (χ2n) is 19.4. The van der Waals surface area contributed by atoms with Crippen molar-refractivity contribution in [3.63, 3.8) is 0 Å². The van der Waals surface area contributed by atoms with Crippen LogP contribution in [0.2, 0.25) is 0 Å². The molecule has 0 radical (unpaired) electrons. The van der Waals surface area contributed by atoms with E-state index in [2.05, 4.69) is 36.0 Å². The SMILES string of the molecule is CC[C@H]1OC(=O)[C@@](C)(F)C(=O)[C@H](C)[C@@H](O[C@@H]2O[C@H](C)C[C@H](N(C)CCC(C)(C)C)[C@H]2O)[C@](C)(OC/C=C/c2cnc3ccccc3c2)C[C@@H](C)C(=O)[C@H](C)[C@H]2NC(=O)O[C@@]21C. The Hall–Kier alpha value is -3.82. The quantitative estimate of drug-likeness (QED) is 0.186. The normalized spacial score (nSPS) is 37.0. The summed E-state index contributed by atoms with van der Waals surface area (Å²) in [6.45, 7) is 19.6. The van der Waals surface area contributed by atoms with Crippen LogP contribution >= 0.6 is 0 Å². The van der Waals surface area contributed by atoms with Gasteiger partial charge in [0, 0.05) is 35.4 Å². The van der Waals surface area contributed by atoms with E-state index in [1.165, 1.54) is 13.8 Å². The number of carbonyl (C=O) groups is 4. The van der Waals surface area contributed by atoms with Crippen molar-refractivity contribution >= 4 is 40.6 Å². The number of aliphatic hydroxyl groups is 1. The Balaban J connectivity index is 1.57. The van der Waals surface area contributed by atoms with Crippen molar-refractivity contribution in [3.8, 4) is 0 Å². The number of nitrogens with zero attached hydrogens (tertiary/aromatic N) is 2. The van der Waals surface area contributed by atoms with Crippen molar-refractivity contribution in [2.24, 2.45) is 23.2 Å². The number of carbonyl (C=O) groups excluding carboxylic acids is 4. The number of aromatic nitrogens is 1. The lowest BCUT2D eigenvalue weighted by Crippen LogP contribution is -2.62. The van der Waals surface area contributed by atoms with Gasteiger partial charge in [0.1, 0.15) is 18.0 Å². The van der Waals surface area contributed by atoms with Crippen LogP contribution < -0.4 is 5.32 Å². The molecule has 1 amide bonds. The summed E-state index contributed by atoms with van der Waals surface area (Å²) in [5.41, 5.74) is -4.63. The third kappa shape index (κ3) is 10.7. The van der Waals surface area contributed by atoms with Gasteiger partial charge in [-0.15, -0.1) is 0 Å². The van der Waals surface area contributed by atoms with E-state index in [-0.39, 0.29) is 36.8 Å². The van der Waals surface area contributed by atoms with Gasteiger partial charge in [0.05, 0.1) is 36.0 Å². The van der Waals surface area contributed by atoms with Crippen LogP contribution in [-0.2, 0) is 38.1 Å². The summed E-state index contributed by atoms with van der Waals surface area (Å²) < 4.78 is 48.2. The van der Waals surface area contributed by atoms with E-state index < -0.39 is 89.2 Å². The van der Waals surface area contributed by atoms with E-state index in [4.69, 9.17) is 23.7 Å². The van der Waals surface area contributed by atoms with Crippen molar-refractivity contribution < 1.29 is 52.4 Å². The van der Waals surface area contributed by atoms with Gasteiger partial charge in [-0.1, -0.05) is 78.8 Å². The monoisotopic (exact) mass is 853 g/mol. The fourth-order valence-corrected chi connectivity index (χ4v) is 9.33. The Labute approximate surface area is 360 Å². The van der Waals surface area contributed by atoms with E-state index in [1.807, 2.05) is 50.4 Å². The number of amides is 1. The predicted octanol–water partition coefficient (Wildman–Crippen LogP) is 7.01. The average Bonchev–Trinajstić information content (AvgIpc) is 3.52. The number of ketones is 2. The molecule has 0 spiro atoms. The van der Waals surface area contributed by atoms with Gasteiger partial charge in [-0.2, -0.15) is 0 Å². The number of rotatable bonds is 10. The summed E-state index contributed by atoms with van der Waals surface area (Å²) in [4.78, 5) is 62.4. The number of esters is 1. The van der Waals surface area contributed by atoms with Gasteiger partial charge in [0.2, 0.25) is 0 Å². The second kappa shape index (κ2) is 18.9. The molecule has 14 heteroatoms. The average molecular weight is 854 g/mol. The molecule has 5 rings (SSSR count). The number of likely N-dealkylation sites (N-methyl/N-ethyl adjacent to an activating group) is 1. The predicted molar refractivity (Wildman–Crippen MR) is 229 cm³/mol. The Kier molecular flexibility index (Phi) is 14.9. The lowest BCUT2D eigenvalue weighted by atomic mass is 9.73. The number of alkyl halides is 1. The van der Waals surface area contributed by atoms with Gasteiger partial charge >= 0.3 is 12.1 Å². The lowest BCUT2D eigenvalue weighted by Gasteiger charge is -2.48. The Morgan fingerprint density at radius 1 is 1.07 bits per heavy atom. The molecule has 13 nitrogen and oxygen atoms in total. The van der Waals surface area contributed by atoms with E-state index in [1.54, 1.807) is 40.0 Å². The number of benzene rings is 1. The molecule has 1 aromatic heterocycles. The Bertz CT molecular complexity index is 1930. The third-order valence-corrected chi connectivity index (χ3v) is 13.0. The minimum atomic E-state index is -3.20. The molecular weight excluding hydrogens is 786 g/mol. The zero-order valence-corrected chi connectivity index (χ0v) is 38.0. The molecule has 61 heavy (non-hydrogen) atoms. The number of aliphatic hydroxyl groups excluding tert-OH is 1. The summed E-state index contributed by atoms with van der Waals surface area (Å²) in [5.74, 6) is -5.95. The number of alkyl carbamates (subject to hydrolysis) is 1. The summed E-state index contributed by atoms with van der Waals surface area (Å²) in [6.07, 6.45) is 0.475. The molecule has 2 aromatic rings. The number of fused-ring (bicyclic) bond motifs is 2. The Morgan fingerprint density at radius 3 is 2.43 bits per heavy atom. The highest BCUT2D eigenvalue weighted by atomic mass is 19.1. The summed E-state index contributed by atoms with van der Waals surface area (Å²) in [5, 5.41) is 15.7. The van der Waals surface area contributed by atoms with Crippen LogP contribution in [0.4, 0.5) is 9.18 Å². The molecule has 4 heterocycles. The molecular formula is C47H68FN3O10. The summed E-state index contributed by atoms with van der Waals surface area (Å²) in [7, 11) is 1.94. The topological polar surface area (TPSA) is 163 Å². The molecule has 0 aliphatic carbocycles. The van der Waals surface area contributed by atoms with Gasteiger partial charge in [-0.3, -0.25) is 14.6 Å². The number of para-hydroxylation sites is 1. The number of ether oxygens (including phenoxy) is 5. The minimum Gasteiger partial charge on any atom is -0.455 e. The fraction of sp³-hybridized carbons (Fsp3) is 0.681. The highest BCUT2D eigenvalue weighted by Gasteiger charge is 2.59. The van der Waals surface area contributed by atoms with Crippen LogP contribution in [0.15, 0.2) is 42.6 Å². The highest BCUT2D eigenvalue weighted by Crippen LogP contribution is 2.41. The number of hydrogen-bond acceptors (Lipinski definition) is 12. The maximum absolute atomic E-state index is 17.0. The van der Waals surface area contributed by atoms with Crippen molar-refractivity contribution in [3.05, 3.63) is 48.2 Å². The first-order chi connectivity index (χ1) is 28.4. The number of nitrogens with one attached hydrogen (secondary N) is 1. The number of halogens is 1. The third-order valence-electron chi connectivity index (χ3n) is 13.0. The van der Waals surface area contributed by atoms with Crippen LogP contribution in [0.25, 0.3) is 17.0 Å². The molecule has 3 fully saturated rings. The molecule has 338 valence electrons. The van der Waals surface area contributed by atoms with Crippen molar-refractivity contribution in [2.45, 2.75) is 162 Å². The van der Waals surface area contributed by atoms with E-state index in [0.717, 1.165) is 29.8 Å². The lowest BCUT2D eigenvalue weighted by molar-refractivity contribution is -0.297. The van der Waals surface area contributed by atoms with Crippen LogP contribution in [0.3, 0.4) is 0 Å². The maximum Gasteiger partial charge on any atom is 0.408 e. The van der Waals surface area contributed by atoms with Gasteiger partial charge < -0.3 is 39.0 Å². The molecule has 3 aliphatic heterocycles. The molecule has 0 unspecified atom stereocenters. The van der Waals surface area contributed by atoms with Crippen molar-refractivity contribution in [1.29, 1.82) is 0 Å². The molecule has 3 saturated heterocycles. The largest absolute Gasteiger partial charge is 0.455 e. The molecule has 2 N–H and O–H groups in total. The van der Waals surface area contributed by atoms with Gasteiger partial charge in [0.25, 0.3) is 5.67 Å². The first-order valence-electron chi connectivity index (χ1n) is 21.7. The number of Topliss-reactive ketones (excluding diaryl/α,β-unsaturated/α-hetero) is 2. The molecule has 3 aliphatic rings. The van der Waals surface area contributed by atoms with Crippen LogP contribution in [0, 0.1) is 23.2 Å². The Morgan fingerprint density at radius 2 is 1.75 bits per heavy atom. The first kappa shape index (κ1) is 48.2.